The van der Waals surface area contributed by atoms with E-state index in [1.165, 1.54) is 128 Å². The number of thiophene rings is 4. The first-order chi connectivity index (χ1) is 36.6. The SMILES string of the molecule is Cc1sc(-c2ccc(N(c3ccc(-c4ccc(-c5ccc(N(c6ccc(-c7sc(C)c(C)c7C)cc6)c6ccc(-c7sc(C)c(C)c7C)cc6)cc5)cc4)cc3)c3ccc(-c4sc(C)c(C)c4C)cc3)cc2)c(C)c1C. The number of benzene rings is 7. The highest BCUT2D eigenvalue weighted by Gasteiger charge is 2.20. The Bertz CT molecular complexity index is 3430. The van der Waals surface area contributed by atoms with E-state index in [4.69, 9.17) is 0 Å². The molecule has 4 heterocycles. The maximum Gasteiger partial charge on any atom is 0.0462 e. The fraction of sp³-hybridized carbons (Fsp3) is 0.171. The molecule has 0 aliphatic rings. The summed E-state index contributed by atoms with van der Waals surface area (Å²) in [4.78, 5) is 15.7. The van der Waals surface area contributed by atoms with Crippen LogP contribution in [-0.2, 0) is 0 Å². The maximum atomic E-state index is 2.38. The molecular weight excluding hydrogens is 997 g/mol. The van der Waals surface area contributed by atoms with Crippen molar-refractivity contribution in [3.63, 3.8) is 0 Å². The molecule has 11 rings (SSSR count). The predicted molar refractivity (Wildman–Crippen MR) is 337 cm³/mol. The summed E-state index contributed by atoms with van der Waals surface area (Å²) in [6.45, 7) is 26.8. The Balaban J connectivity index is 0.868. The Labute approximate surface area is 466 Å². The van der Waals surface area contributed by atoms with Crippen molar-refractivity contribution in [2.45, 2.75) is 83.1 Å². The molecule has 0 saturated heterocycles. The lowest BCUT2D eigenvalue weighted by Crippen LogP contribution is -2.09. The topological polar surface area (TPSA) is 6.48 Å². The van der Waals surface area contributed by atoms with Crippen LogP contribution in [-0.4, -0.2) is 0 Å². The number of nitrogens with zero attached hydrogens (tertiary/aromatic N) is 2. The van der Waals surface area contributed by atoms with Gasteiger partial charge in [-0.1, -0.05) is 97.1 Å². The van der Waals surface area contributed by atoms with E-state index >= 15 is 0 Å². The van der Waals surface area contributed by atoms with Gasteiger partial charge in [-0.05, 0) is 245 Å². The Morgan fingerprint density at radius 2 is 0.329 bits per heavy atom. The minimum atomic E-state index is 1.12. The molecule has 11 aromatic rings. The molecule has 0 amide bonds. The number of hydrogen-bond donors (Lipinski definition) is 0. The summed E-state index contributed by atoms with van der Waals surface area (Å²) in [5.74, 6) is 0. The summed E-state index contributed by atoms with van der Waals surface area (Å²) < 4.78 is 0. The first kappa shape index (κ1) is 51.1. The Morgan fingerprint density at radius 1 is 0.184 bits per heavy atom. The van der Waals surface area contributed by atoms with Crippen LogP contribution in [0.4, 0.5) is 34.1 Å². The molecule has 0 saturated carbocycles. The minimum absolute atomic E-state index is 1.12. The van der Waals surface area contributed by atoms with E-state index in [0.29, 0.717) is 0 Å². The van der Waals surface area contributed by atoms with Gasteiger partial charge < -0.3 is 9.80 Å². The maximum absolute atomic E-state index is 2.38. The van der Waals surface area contributed by atoms with Crippen molar-refractivity contribution in [1.29, 1.82) is 0 Å². The third-order valence-electron chi connectivity index (χ3n) is 16.1. The summed E-state index contributed by atoms with van der Waals surface area (Å²) in [5, 5.41) is 0. The van der Waals surface area contributed by atoms with Gasteiger partial charge in [0, 0.05) is 73.1 Å². The third-order valence-corrected chi connectivity index (χ3v) is 21.5. The lowest BCUT2D eigenvalue weighted by Gasteiger charge is -2.26. The fourth-order valence-electron chi connectivity index (χ4n) is 10.5. The average Bonchev–Trinajstić information content (AvgIpc) is 4.08. The van der Waals surface area contributed by atoms with Crippen molar-refractivity contribution < 1.29 is 0 Å². The number of anilines is 6. The van der Waals surface area contributed by atoms with Crippen molar-refractivity contribution in [2.75, 3.05) is 9.80 Å². The quantitative estimate of drug-likeness (QED) is 0.120. The van der Waals surface area contributed by atoms with Crippen molar-refractivity contribution in [3.05, 3.63) is 234 Å². The lowest BCUT2D eigenvalue weighted by molar-refractivity contribution is 1.28. The zero-order chi connectivity index (χ0) is 53.1. The molecule has 6 heteroatoms. The monoisotopic (exact) mass is 1060 g/mol. The van der Waals surface area contributed by atoms with Gasteiger partial charge in [0.15, 0.2) is 0 Å². The van der Waals surface area contributed by atoms with Crippen LogP contribution < -0.4 is 9.80 Å². The van der Waals surface area contributed by atoms with Crippen molar-refractivity contribution >= 4 is 79.5 Å². The van der Waals surface area contributed by atoms with Crippen LogP contribution in [0.5, 0.6) is 0 Å². The van der Waals surface area contributed by atoms with E-state index < -0.39 is 0 Å². The Morgan fingerprint density at radius 3 is 0.474 bits per heavy atom. The number of rotatable bonds is 12. The van der Waals surface area contributed by atoms with Crippen LogP contribution in [0, 0.1) is 83.1 Å². The highest BCUT2D eigenvalue weighted by atomic mass is 32.1. The summed E-state index contributed by atoms with van der Waals surface area (Å²) in [6, 6.07) is 63.6. The van der Waals surface area contributed by atoms with Gasteiger partial charge in [-0.2, -0.15) is 0 Å². The van der Waals surface area contributed by atoms with Crippen LogP contribution in [0.3, 0.4) is 0 Å². The molecule has 2 nitrogen and oxygen atoms in total. The van der Waals surface area contributed by atoms with Gasteiger partial charge in [0.05, 0.1) is 0 Å². The first-order valence-electron chi connectivity index (χ1n) is 26.2. The summed E-state index contributed by atoms with van der Waals surface area (Å²) in [5.41, 5.74) is 27.6. The standard InChI is InChI=1S/C70H64N2S4/c1-41-45(5)67(73-49(41)9)57-21-33-63(34-22-57)71(64-35-23-58(24-36-64)68-46(6)42(2)50(10)74-68)61-29-17-55(18-30-61)53-13-15-54(16-14-53)56-19-31-62(32-20-56)72(65-37-25-59(26-38-65)69-47(7)43(3)51(11)75-69)66-39-27-60(28-40-66)70-48(8)44(4)52(12)76-70/h13-40H,1-12H3. The van der Waals surface area contributed by atoms with Crippen LogP contribution >= 0.6 is 45.3 Å². The van der Waals surface area contributed by atoms with E-state index in [9.17, 15) is 0 Å². The third kappa shape index (κ3) is 9.51. The molecule has 0 bridgehead atoms. The van der Waals surface area contributed by atoms with Gasteiger partial charge in [0.2, 0.25) is 0 Å². The van der Waals surface area contributed by atoms with E-state index in [-0.39, 0.29) is 0 Å². The second-order valence-electron chi connectivity index (χ2n) is 20.5. The zero-order valence-electron chi connectivity index (χ0n) is 45.7. The molecule has 0 fully saturated rings. The largest absolute Gasteiger partial charge is 0.311 e. The molecule has 0 radical (unpaired) electrons. The van der Waals surface area contributed by atoms with Gasteiger partial charge in [-0.25, -0.2) is 0 Å². The Hall–Kier alpha value is -7.06. The lowest BCUT2D eigenvalue weighted by atomic mass is 9.99. The van der Waals surface area contributed by atoms with Crippen molar-refractivity contribution in [1.82, 2.24) is 0 Å². The van der Waals surface area contributed by atoms with E-state index in [0.717, 1.165) is 34.1 Å². The van der Waals surface area contributed by atoms with Crippen LogP contribution in [0.25, 0.3) is 64.0 Å². The second-order valence-corrected chi connectivity index (χ2v) is 25.4. The van der Waals surface area contributed by atoms with Crippen LogP contribution in [0.2, 0.25) is 0 Å². The molecule has 378 valence electrons. The molecule has 0 spiro atoms. The van der Waals surface area contributed by atoms with Crippen LogP contribution in [0.1, 0.15) is 64.0 Å². The smallest absolute Gasteiger partial charge is 0.0462 e. The van der Waals surface area contributed by atoms with Crippen LogP contribution in [0.15, 0.2) is 170 Å². The highest BCUT2D eigenvalue weighted by Crippen LogP contribution is 2.45. The molecule has 76 heavy (non-hydrogen) atoms. The molecular formula is C70H64N2S4. The van der Waals surface area contributed by atoms with Crippen molar-refractivity contribution in [3.8, 4) is 64.0 Å². The molecule has 0 aliphatic heterocycles. The summed E-state index contributed by atoms with van der Waals surface area (Å²) in [6.07, 6.45) is 0. The molecule has 0 N–H and O–H groups in total. The van der Waals surface area contributed by atoms with Gasteiger partial charge in [-0.15, -0.1) is 45.3 Å². The van der Waals surface area contributed by atoms with Crippen molar-refractivity contribution in [2.24, 2.45) is 0 Å². The fourth-order valence-corrected chi connectivity index (χ4v) is 15.2. The minimum Gasteiger partial charge on any atom is -0.311 e. The number of hydrogen-bond acceptors (Lipinski definition) is 6. The van der Waals surface area contributed by atoms with Gasteiger partial charge in [0.1, 0.15) is 0 Å². The molecule has 0 unspecified atom stereocenters. The molecule has 4 aromatic heterocycles. The molecule has 0 aliphatic carbocycles. The van der Waals surface area contributed by atoms with Gasteiger partial charge in [0.25, 0.3) is 0 Å². The predicted octanol–water partition coefficient (Wildman–Crippen LogP) is 22.6. The Kier molecular flexibility index (Phi) is 14.0. The first-order valence-corrected chi connectivity index (χ1v) is 29.5. The highest BCUT2D eigenvalue weighted by molar-refractivity contribution is 7.16. The average molecular weight is 1060 g/mol. The van der Waals surface area contributed by atoms with E-state index in [1.54, 1.807) is 0 Å². The number of aryl methyl sites for hydroxylation is 4. The normalized spacial score (nSPS) is 11.4. The van der Waals surface area contributed by atoms with Gasteiger partial charge >= 0.3 is 0 Å². The zero-order valence-corrected chi connectivity index (χ0v) is 49.0. The molecule has 7 aromatic carbocycles. The molecule has 0 atom stereocenters. The van der Waals surface area contributed by atoms with E-state index in [1.807, 2.05) is 45.3 Å². The second kappa shape index (κ2) is 20.8. The van der Waals surface area contributed by atoms with E-state index in [2.05, 4.69) is 263 Å². The van der Waals surface area contributed by atoms with Gasteiger partial charge in [-0.3, -0.25) is 0 Å². The summed E-state index contributed by atoms with van der Waals surface area (Å²) in [7, 11) is 0. The summed E-state index contributed by atoms with van der Waals surface area (Å²) >= 11 is 7.56.